The summed E-state index contributed by atoms with van der Waals surface area (Å²) in [7, 11) is 0. The van der Waals surface area contributed by atoms with Crippen LogP contribution in [0.3, 0.4) is 0 Å². The largest absolute Gasteiger partial charge is 0.482 e. The van der Waals surface area contributed by atoms with E-state index < -0.39 is 24.5 Å². The molecule has 1 aromatic carbocycles. The number of amides is 1. The average Bonchev–Trinajstić information content (AvgIpc) is 2.71. The van der Waals surface area contributed by atoms with Gasteiger partial charge >= 0.3 is 11.9 Å². The van der Waals surface area contributed by atoms with Gasteiger partial charge in [0.15, 0.2) is 13.2 Å². The number of ether oxygens (including phenoxy) is 3. The van der Waals surface area contributed by atoms with Crippen molar-refractivity contribution in [2.24, 2.45) is 0 Å². The first-order valence-electron chi connectivity index (χ1n) is 9.89. The van der Waals surface area contributed by atoms with Gasteiger partial charge in [0.25, 0.3) is 5.91 Å². The number of esters is 2. The molecule has 0 fully saturated rings. The monoisotopic (exact) mass is 482 g/mol. The molecule has 1 heterocycles. The highest BCUT2D eigenvalue weighted by atomic mass is 35.5. The van der Waals surface area contributed by atoms with Crippen LogP contribution in [0.25, 0.3) is 0 Å². The molecule has 0 aliphatic rings. The summed E-state index contributed by atoms with van der Waals surface area (Å²) >= 11 is 11.7. The Morgan fingerprint density at radius 2 is 1.75 bits per heavy atom. The number of hydrogen-bond donors (Lipinski definition) is 1. The maximum Gasteiger partial charge on any atom is 0.344 e. The smallest absolute Gasteiger partial charge is 0.344 e. The third-order valence-electron chi connectivity index (χ3n) is 4.04. The van der Waals surface area contributed by atoms with Crippen LogP contribution in [0.4, 0.5) is 0 Å². The van der Waals surface area contributed by atoms with Crippen molar-refractivity contribution < 1.29 is 28.6 Å². The standard InChI is InChI=1S/C22H24Cl2N2O6/c1-3-30-22(29)13-31-18-6-4-15(5-7-18)8-14(2)25-20(27)12-32-21(28)11-17-9-16(23)10-19(24)26-17/h4-7,9-10,14H,3,8,11-13H2,1-2H3,(H,25,27). The number of nitrogens with zero attached hydrogens (tertiary/aromatic N) is 1. The van der Waals surface area contributed by atoms with Crippen molar-refractivity contribution in [2.45, 2.75) is 32.7 Å². The Morgan fingerprint density at radius 3 is 2.41 bits per heavy atom. The summed E-state index contributed by atoms with van der Waals surface area (Å²) in [5.74, 6) is -0.920. The second-order valence-corrected chi connectivity index (χ2v) is 7.67. The van der Waals surface area contributed by atoms with E-state index in [1.807, 2.05) is 19.1 Å². The highest BCUT2D eigenvalue weighted by Crippen LogP contribution is 2.16. The van der Waals surface area contributed by atoms with Crippen LogP contribution in [0.15, 0.2) is 36.4 Å². The molecule has 8 nitrogen and oxygen atoms in total. The summed E-state index contributed by atoms with van der Waals surface area (Å²) < 4.78 is 15.1. The SMILES string of the molecule is CCOC(=O)COc1ccc(CC(C)NC(=O)COC(=O)Cc2cc(Cl)cc(Cl)n2)cc1. The minimum absolute atomic E-state index is 0.145. The van der Waals surface area contributed by atoms with Crippen LogP contribution in [0.5, 0.6) is 5.75 Å². The molecule has 0 radical (unpaired) electrons. The maximum absolute atomic E-state index is 12.1. The molecule has 1 N–H and O–H groups in total. The van der Waals surface area contributed by atoms with Crippen molar-refractivity contribution in [3.63, 3.8) is 0 Å². The molecule has 1 amide bonds. The third kappa shape index (κ3) is 9.53. The van der Waals surface area contributed by atoms with E-state index in [4.69, 9.17) is 37.4 Å². The molecule has 32 heavy (non-hydrogen) atoms. The number of halogens is 2. The van der Waals surface area contributed by atoms with Crippen molar-refractivity contribution in [1.29, 1.82) is 0 Å². The van der Waals surface area contributed by atoms with Crippen molar-refractivity contribution in [1.82, 2.24) is 10.3 Å². The topological polar surface area (TPSA) is 104 Å². The third-order valence-corrected chi connectivity index (χ3v) is 4.45. The lowest BCUT2D eigenvalue weighted by Gasteiger charge is -2.14. The summed E-state index contributed by atoms with van der Waals surface area (Å²) in [6.45, 7) is 3.31. The first kappa shape index (κ1) is 25.4. The van der Waals surface area contributed by atoms with Crippen LogP contribution in [-0.4, -0.2) is 48.7 Å². The molecule has 2 rings (SSSR count). The lowest BCUT2D eigenvalue weighted by molar-refractivity contribution is -0.148. The minimum Gasteiger partial charge on any atom is -0.482 e. The minimum atomic E-state index is -0.614. The van der Waals surface area contributed by atoms with Gasteiger partial charge in [0, 0.05) is 11.1 Å². The Kier molecular flexibility index (Phi) is 10.2. The quantitative estimate of drug-likeness (QED) is 0.387. The van der Waals surface area contributed by atoms with Crippen LogP contribution >= 0.6 is 23.2 Å². The molecular weight excluding hydrogens is 459 g/mol. The molecule has 0 aliphatic heterocycles. The molecule has 0 saturated heterocycles. The van der Waals surface area contributed by atoms with E-state index in [0.29, 0.717) is 29.5 Å². The van der Waals surface area contributed by atoms with Gasteiger partial charge in [-0.15, -0.1) is 0 Å². The van der Waals surface area contributed by atoms with Crippen molar-refractivity contribution >= 4 is 41.0 Å². The second kappa shape index (κ2) is 12.9. The summed E-state index contributed by atoms with van der Waals surface area (Å²) in [6, 6.07) is 9.92. The van der Waals surface area contributed by atoms with Crippen LogP contribution in [0.2, 0.25) is 10.2 Å². The molecule has 1 aromatic heterocycles. The van der Waals surface area contributed by atoms with Crippen LogP contribution in [0, 0.1) is 0 Å². The average molecular weight is 483 g/mol. The lowest BCUT2D eigenvalue weighted by atomic mass is 10.1. The van der Waals surface area contributed by atoms with Gasteiger partial charge in [-0.2, -0.15) is 0 Å². The van der Waals surface area contributed by atoms with Gasteiger partial charge in [-0.1, -0.05) is 35.3 Å². The summed E-state index contributed by atoms with van der Waals surface area (Å²) in [4.78, 5) is 39.3. The molecule has 0 saturated carbocycles. The molecule has 2 aromatic rings. The van der Waals surface area contributed by atoms with Gasteiger partial charge in [0.05, 0.1) is 18.7 Å². The highest BCUT2D eigenvalue weighted by molar-refractivity contribution is 6.33. The number of aromatic nitrogens is 1. The molecule has 10 heteroatoms. The number of nitrogens with one attached hydrogen (secondary N) is 1. The Morgan fingerprint density at radius 1 is 1.03 bits per heavy atom. The zero-order valence-corrected chi connectivity index (χ0v) is 19.2. The van der Waals surface area contributed by atoms with Crippen molar-refractivity contribution in [2.75, 3.05) is 19.8 Å². The molecule has 172 valence electrons. The van der Waals surface area contributed by atoms with E-state index in [1.165, 1.54) is 12.1 Å². The Hall–Kier alpha value is -2.84. The van der Waals surface area contributed by atoms with Crippen molar-refractivity contribution in [3.05, 3.63) is 57.8 Å². The van der Waals surface area contributed by atoms with Crippen molar-refractivity contribution in [3.8, 4) is 5.75 Å². The van der Waals surface area contributed by atoms with Gasteiger partial charge in [-0.25, -0.2) is 9.78 Å². The van der Waals surface area contributed by atoms with Gasteiger partial charge in [-0.05, 0) is 50.1 Å². The van der Waals surface area contributed by atoms with Crippen LogP contribution in [-0.2, 0) is 36.7 Å². The highest BCUT2D eigenvalue weighted by Gasteiger charge is 2.13. The van der Waals surface area contributed by atoms with E-state index >= 15 is 0 Å². The predicted octanol–water partition coefficient (Wildman–Crippen LogP) is 3.16. The zero-order chi connectivity index (χ0) is 23.5. The van der Waals surface area contributed by atoms with E-state index in [1.54, 1.807) is 19.1 Å². The second-order valence-electron chi connectivity index (χ2n) is 6.85. The zero-order valence-electron chi connectivity index (χ0n) is 17.7. The molecule has 0 bridgehead atoms. The fraction of sp³-hybridized carbons (Fsp3) is 0.364. The van der Waals surface area contributed by atoms with Gasteiger partial charge in [0.2, 0.25) is 0 Å². The number of carbonyl (C=O) groups excluding carboxylic acids is 3. The van der Waals surface area contributed by atoms with Gasteiger partial charge in [-0.3, -0.25) is 9.59 Å². The maximum atomic E-state index is 12.1. The fourth-order valence-electron chi connectivity index (χ4n) is 2.74. The summed E-state index contributed by atoms with van der Waals surface area (Å²) in [5, 5.41) is 3.30. The summed E-state index contributed by atoms with van der Waals surface area (Å²) in [6.07, 6.45) is 0.413. The first-order valence-corrected chi connectivity index (χ1v) is 10.6. The fourth-order valence-corrected chi connectivity index (χ4v) is 3.25. The van der Waals surface area contributed by atoms with Crippen LogP contribution in [0.1, 0.15) is 25.1 Å². The molecular formula is C22H24Cl2N2O6. The lowest BCUT2D eigenvalue weighted by Crippen LogP contribution is -2.37. The van der Waals surface area contributed by atoms with E-state index in [-0.39, 0.29) is 24.2 Å². The van der Waals surface area contributed by atoms with Gasteiger partial charge < -0.3 is 19.5 Å². The summed E-state index contributed by atoms with van der Waals surface area (Å²) in [5.41, 5.74) is 1.32. The van der Waals surface area contributed by atoms with E-state index in [2.05, 4.69) is 10.3 Å². The Bertz CT molecular complexity index is 916. The normalized spacial score (nSPS) is 11.4. The van der Waals surface area contributed by atoms with E-state index in [0.717, 1.165) is 5.56 Å². The Labute approximate surface area is 196 Å². The molecule has 0 spiro atoms. The number of carbonyl (C=O) groups is 3. The first-order chi connectivity index (χ1) is 15.2. The van der Waals surface area contributed by atoms with Gasteiger partial charge in [0.1, 0.15) is 10.9 Å². The Balaban J connectivity index is 1.71. The molecule has 1 atom stereocenters. The van der Waals surface area contributed by atoms with E-state index in [9.17, 15) is 14.4 Å². The number of benzene rings is 1. The van der Waals surface area contributed by atoms with Crippen LogP contribution < -0.4 is 10.1 Å². The number of hydrogen-bond acceptors (Lipinski definition) is 7. The predicted molar refractivity (Wildman–Crippen MR) is 119 cm³/mol. The number of rotatable bonds is 11. The molecule has 1 unspecified atom stereocenters. The molecule has 0 aliphatic carbocycles. The number of pyridine rings is 1.